The van der Waals surface area contributed by atoms with Crippen molar-refractivity contribution in [1.82, 2.24) is 30.4 Å². The maximum atomic E-state index is 12.5. The molecule has 8 nitrogen and oxygen atoms in total. The Morgan fingerprint density at radius 1 is 1.22 bits per heavy atom. The molecule has 2 N–H and O–H groups in total. The van der Waals surface area contributed by atoms with E-state index in [1.807, 2.05) is 31.2 Å². The highest BCUT2D eigenvalue weighted by atomic mass is 79.9. The predicted octanol–water partition coefficient (Wildman–Crippen LogP) is 3.99. The van der Waals surface area contributed by atoms with Gasteiger partial charge in [-0.2, -0.15) is 9.61 Å². The number of aryl methyl sites for hydroxylation is 1. The summed E-state index contributed by atoms with van der Waals surface area (Å²) >= 11 is 10.1. The summed E-state index contributed by atoms with van der Waals surface area (Å²) in [6.07, 6.45) is 0.778. The van der Waals surface area contributed by atoms with Gasteiger partial charge >= 0.3 is 0 Å². The van der Waals surface area contributed by atoms with Crippen LogP contribution in [-0.2, 0) is 13.0 Å². The van der Waals surface area contributed by atoms with Gasteiger partial charge in [0.15, 0.2) is 10.9 Å². The van der Waals surface area contributed by atoms with Crippen molar-refractivity contribution in [2.75, 3.05) is 7.11 Å². The Morgan fingerprint density at radius 2 is 2.00 bits per heavy atom. The average molecular weight is 531 g/mol. The summed E-state index contributed by atoms with van der Waals surface area (Å²) in [5.41, 5.74) is 2.41. The van der Waals surface area contributed by atoms with Crippen LogP contribution >= 0.6 is 39.5 Å². The van der Waals surface area contributed by atoms with E-state index in [-0.39, 0.29) is 11.0 Å². The summed E-state index contributed by atoms with van der Waals surface area (Å²) in [4.78, 5) is 13.3. The number of rotatable bonds is 6. The number of nitrogens with zero attached hydrogens (tertiary/aromatic N) is 4. The van der Waals surface area contributed by atoms with Gasteiger partial charge in [-0.3, -0.25) is 10.1 Å². The number of carbonyl (C=O) groups excluding carboxylic acids is 1. The largest absolute Gasteiger partial charge is 0.496 e. The number of carbonyl (C=O) groups is 1. The molecule has 0 aliphatic carbocycles. The first kappa shape index (κ1) is 22.3. The summed E-state index contributed by atoms with van der Waals surface area (Å²) < 4.78 is 7.81. The molecule has 0 bridgehead atoms. The SMILES string of the molecule is CCc1nnc2sc(-c3ccc(CNC(=S)NC(=O)c4cc(Br)ccc4OC)cc3)nn12. The molecule has 0 radical (unpaired) electrons. The molecule has 0 atom stereocenters. The van der Waals surface area contributed by atoms with Crippen LogP contribution < -0.4 is 15.4 Å². The van der Waals surface area contributed by atoms with Crippen molar-refractivity contribution in [2.45, 2.75) is 19.9 Å². The summed E-state index contributed by atoms with van der Waals surface area (Å²) in [5.74, 6) is 0.977. The first-order valence-electron chi connectivity index (χ1n) is 9.71. The van der Waals surface area contributed by atoms with Crippen LogP contribution in [0.15, 0.2) is 46.9 Å². The third kappa shape index (κ3) is 4.79. The van der Waals surface area contributed by atoms with Crippen molar-refractivity contribution in [1.29, 1.82) is 0 Å². The summed E-state index contributed by atoms with van der Waals surface area (Å²) in [6, 6.07) is 13.2. The summed E-state index contributed by atoms with van der Waals surface area (Å²) in [5, 5.41) is 19.8. The molecule has 164 valence electrons. The van der Waals surface area contributed by atoms with E-state index in [9.17, 15) is 4.79 Å². The average Bonchev–Trinajstić information content (AvgIpc) is 3.39. The summed E-state index contributed by atoms with van der Waals surface area (Å²) in [7, 11) is 1.52. The molecule has 2 aromatic heterocycles. The number of benzene rings is 2. The maximum absolute atomic E-state index is 12.5. The number of thiocarbonyl (C=S) groups is 1. The van der Waals surface area contributed by atoms with E-state index in [0.717, 1.165) is 37.8 Å². The Bertz CT molecular complexity index is 1290. The number of ether oxygens (including phenoxy) is 1. The molecule has 0 unspecified atom stereocenters. The van der Waals surface area contributed by atoms with Gasteiger partial charge in [-0.15, -0.1) is 10.2 Å². The quantitative estimate of drug-likeness (QED) is 0.364. The summed E-state index contributed by atoms with van der Waals surface area (Å²) in [6.45, 7) is 2.50. The fraction of sp³-hybridized carbons (Fsp3) is 0.190. The van der Waals surface area contributed by atoms with E-state index in [1.54, 1.807) is 22.7 Å². The van der Waals surface area contributed by atoms with Gasteiger partial charge < -0.3 is 10.1 Å². The van der Waals surface area contributed by atoms with Crippen LogP contribution in [-0.4, -0.2) is 37.9 Å². The zero-order valence-corrected chi connectivity index (χ0v) is 20.5. The van der Waals surface area contributed by atoms with E-state index in [4.69, 9.17) is 17.0 Å². The van der Waals surface area contributed by atoms with Crippen LogP contribution in [0.1, 0.15) is 28.7 Å². The van der Waals surface area contributed by atoms with Gasteiger partial charge in [0.25, 0.3) is 5.91 Å². The number of fused-ring (bicyclic) bond motifs is 1. The molecule has 0 fully saturated rings. The minimum atomic E-state index is -0.342. The molecule has 4 aromatic rings. The lowest BCUT2D eigenvalue weighted by Crippen LogP contribution is -2.39. The lowest BCUT2D eigenvalue weighted by atomic mass is 10.1. The van der Waals surface area contributed by atoms with E-state index in [1.165, 1.54) is 18.4 Å². The Kier molecular flexibility index (Phi) is 6.77. The number of methoxy groups -OCH3 is 1. The third-order valence-electron chi connectivity index (χ3n) is 4.66. The van der Waals surface area contributed by atoms with Crippen LogP contribution in [0, 0.1) is 0 Å². The third-order valence-corrected chi connectivity index (χ3v) is 6.35. The smallest absolute Gasteiger partial charge is 0.261 e. The first-order valence-corrected chi connectivity index (χ1v) is 11.7. The zero-order chi connectivity index (χ0) is 22.7. The number of nitrogens with one attached hydrogen (secondary N) is 2. The molecule has 11 heteroatoms. The molecule has 1 amide bonds. The van der Waals surface area contributed by atoms with Crippen LogP contribution in [0.4, 0.5) is 0 Å². The van der Waals surface area contributed by atoms with Gasteiger partial charge in [-0.05, 0) is 36.0 Å². The van der Waals surface area contributed by atoms with Crippen molar-refractivity contribution >= 4 is 55.5 Å². The van der Waals surface area contributed by atoms with Crippen molar-refractivity contribution in [2.24, 2.45) is 0 Å². The lowest BCUT2D eigenvalue weighted by Gasteiger charge is -2.12. The molecule has 32 heavy (non-hydrogen) atoms. The fourth-order valence-corrected chi connectivity index (χ4v) is 4.40. The maximum Gasteiger partial charge on any atom is 0.261 e. The Hall–Kier alpha value is -2.89. The van der Waals surface area contributed by atoms with Crippen molar-refractivity contribution in [3.05, 3.63) is 63.9 Å². The van der Waals surface area contributed by atoms with Gasteiger partial charge in [0.1, 0.15) is 10.8 Å². The number of hydrogen-bond acceptors (Lipinski definition) is 7. The van der Waals surface area contributed by atoms with Gasteiger partial charge in [0.05, 0.1) is 12.7 Å². The Morgan fingerprint density at radius 3 is 2.72 bits per heavy atom. The molecular formula is C21H19BrN6O2S2. The van der Waals surface area contributed by atoms with Crippen molar-refractivity contribution in [3.63, 3.8) is 0 Å². The molecule has 2 aromatic carbocycles. The molecule has 0 aliphatic rings. The van der Waals surface area contributed by atoms with Gasteiger partial charge in [0.2, 0.25) is 4.96 Å². The number of hydrogen-bond donors (Lipinski definition) is 2. The van der Waals surface area contributed by atoms with Crippen LogP contribution in [0.2, 0.25) is 0 Å². The molecule has 0 aliphatic heterocycles. The zero-order valence-electron chi connectivity index (χ0n) is 17.3. The highest BCUT2D eigenvalue weighted by Crippen LogP contribution is 2.26. The number of aromatic nitrogens is 4. The van der Waals surface area contributed by atoms with Crippen LogP contribution in [0.25, 0.3) is 15.5 Å². The van der Waals surface area contributed by atoms with Gasteiger partial charge in [-0.1, -0.05) is 58.5 Å². The van der Waals surface area contributed by atoms with Gasteiger partial charge in [-0.25, -0.2) is 0 Å². The number of halogens is 1. The Labute approximate surface area is 202 Å². The second-order valence-electron chi connectivity index (χ2n) is 6.75. The van der Waals surface area contributed by atoms with Crippen molar-refractivity contribution in [3.8, 4) is 16.3 Å². The first-order chi connectivity index (χ1) is 15.5. The molecule has 0 spiro atoms. The monoisotopic (exact) mass is 530 g/mol. The highest BCUT2D eigenvalue weighted by Gasteiger charge is 2.15. The topological polar surface area (TPSA) is 93.4 Å². The number of amides is 1. The van der Waals surface area contributed by atoms with E-state index >= 15 is 0 Å². The van der Waals surface area contributed by atoms with E-state index < -0.39 is 0 Å². The molecule has 0 saturated carbocycles. The van der Waals surface area contributed by atoms with E-state index in [2.05, 4.69) is 41.9 Å². The fourth-order valence-electron chi connectivity index (χ4n) is 3.01. The second kappa shape index (κ2) is 9.72. The molecule has 2 heterocycles. The van der Waals surface area contributed by atoms with Crippen molar-refractivity contribution < 1.29 is 9.53 Å². The minimum Gasteiger partial charge on any atom is -0.496 e. The predicted molar refractivity (Wildman–Crippen MR) is 131 cm³/mol. The standard InChI is InChI=1S/C21H19BrN6O2S2/c1-3-17-25-26-21-28(17)27-19(32-21)13-6-4-12(5-7-13)11-23-20(31)24-18(29)15-10-14(22)8-9-16(15)30-2/h4-10H,3,11H2,1-2H3,(H2,23,24,29,31). The molecule has 4 rings (SSSR count). The lowest BCUT2D eigenvalue weighted by molar-refractivity contribution is 0.0973. The highest BCUT2D eigenvalue weighted by molar-refractivity contribution is 9.10. The normalized spacial score (nSPS) is 10.8. The van der Waals surface area contributed by atoms with Crippen LogP contribution in [0.5, 0.6) is 5.75 Å². The minimum absolute atomic E-state index is 0.238. The van der Waals surface area contributed by atoms with Gasteiger partial charge in [0, 0.05) is 23.0 Å². The molecular weight excluding hydrogens is 512 g/mol. The molecule has 0 saturated heterocycles. The Balaban J connectivity index is 1.36. The second-order valence-corrected chi connectivity index (χ2v) is 9.03. The van der Waals surface area contributed by atoms with E-state index in [0.29, 0.717) is 17.9 Å². The van der Waals surface area contributed by atoms with Crippen LogP contribution in [0.3, 0.4) is 0 Å².